The number of amides is 1. The second-order valence-corrected chi connectivity index (χ2v) is 4.18. The highest BCUT2D eigenvalue weighted by atomic mass is 16.3. The lowest BCUT2D eigenvalue weighted by atomic mass is 10.1. The Morgan fingerprint density at radius 2 is 2.25 bits per heavy atom. The van der Waals surface area contributed by atoms with Crippen molar-refractivity contribution >= 4 is 5.91 Å². The molecular weight excluding hydrogens is 206 g/mol. The number of aromatic nitrogens is 2. The predicted molar refractivity (Wildman–Crippen MR) is 61.3 cm³/mol. The zero-order valence-electron chi connectivity index (χ0n) is 10.3. The van der Waals surface area contributed by atoms with Gasteiger partial charge in [0, 0.05) is 26.3 Å². The molecule has 0 aliphatic heterocycles. The van der Waals surface area contributed by atoms with E-state index in [1.165, 1.54) is 4.90 Å². The van der Waals surface area contributed by atoms with Gasteiger partial charge in [-0.25, -0.2) is 0 Å². The van der Waals surface area contributed by atoms with Crippen molar-refractivity contribution < 1.29 is 9.90 Å². The van der Waals surface area contributed by atoms with E-state index in [-0.39, 0.29) is 12.5 Å². The van der Waals surface area contributed by atoms with Crippen molar-refractivity contribution in [2.45, 2.75) is 19.8 Å². The number of carbonyl (C=O) groups is 1. The Morgan fingerprint density at radius 3 is 2.69 bits per heavy atom. The molecule has 5 nitrogen and oxygen atoms in total. The van der Waals surface area contributed by atoms with Crippen molar-refractivity contribution in [3.8, 4) is 0 Å². The molecule has 90 valence electrons. The van der Waals surface area contributed by atoms with Gasteiger partial charge in [0.2, 0.25) is 0 Å². The van der Waals surface area contributed by atoms with Gasteiger partial charge in [-0.15, -0.1) is 0 Å². The van der Waals surface area contributed by atoms with Crippen molar-refractivity contribution in [3.63, 3.8) is 0 Å². The third-order valence-corrected chi connectivity index (χ3v) is 2.51. The molecule has 0 spiro atoms. The quantitative estimate of drug-likeness (QED) is 0.816. The maximum atomic E-state index is 11.9. The van der Waals surface area contributed by atoms with Crippen LogP contribution in [0.3, 0.4) is 0 Å². The number of aryl methyl sites for hydroxylation is 1. The molecule has 0 unspecified atom stereocenters. The first-order valence-corrected chi connectivity index (χ1v) is 5.37. The standard InChI is InChI=1S/C11H19N3O2/c1-8(2)10-7-9(12-14(10)4)11(16)13(3)5-6-15/h7-8,15H,5-6H2,1-4H3. The van der Waals surface area contributed by atoms with E-state index in [0.29, 0.717) is 18.2 Å². The summed E-state index contributed by atoms with van der Waals surface area (Å²) in [6.07, 6.45) is 0. The molecule has 0 saturated heterocycles. The van der Waals surface area contributed by atoms with Crippen molar-refractivity contribution in [3.05, 3.63) is 17.5 Å². The van der Waals surface area contributed by atoms with Crippen molar-refractivity contribution in [1.82, 2.24) is 14.7 Å². The lowest BCUT2D eigenvalue weighted by Gasteiger charge is -2.13. The summed E-state index contributed by atoms with van der Waals surface area (Å²) < 4.78 is 1.73. The fraction of sp³-hybridized carbons (Fsp3) is 0.636. The number of carbonyl (C=O) groups excluding carboxylic acids is 1. The van der Waals surface area contributed by atoms with Crippen LogP contribution in [0.2, 0.25) is 0 Å². The van der Waals surface area contributed by atoms with Crippen molar-refractivity contribution in [2.75, 3.05) is 20.2 Å². The number of hydrogen-bond acceptors (Lipinski definition) is 3. The Morgan fingerprint density at radius 1 is 1.62 bits per heavy atom. The molecule has 1 rings (SSSR count). The van der Waals surface area contributed by atoms with Gasteiger partial charge in [-0.3, -0.25) is 9.48 Å². The van der Waals surface area contributed by atoms with E-state index in [1.807, 2.05) is 7.05 Å². The summed E-state index contributed by atoms with van der Waals surface area (Å²) in [5.74, 6) is 0.179. The fourth-order valence-electron chi connectivity index (χ4n) is 1.57. The maximum absolute atomic E-state index is 11.9. The molecule has 1 heterocycles. The Bertz CT molecular complexity index is 371. The zero-order chi connectivity index (χ0) is 12.3. The molecular formula is C11H19N3O2. The molecule has 0 aliphatic carbocycles. The van der Waals surface area contributed by atoms with E-state index in [0.717, 1.165) is 5.69 Å². The number of nitrogens with zero attached hydrogens (tertiary/aromatic N) is 3. The van der Waals surface area contributed by atoms with Gasteiger partial charge < -0.3 is 10.0 Å². The summed E-state index contributed by atoms with van der Waals surface area (Å²) in [5.41, 5.74) is 1.46. The van der Waals surface area contributed by atoms with Gasteiger partial charge in [-0.1, -0.05) is 13.8 Å². The summed E-state index contributed by atoms with van der Waals surface area (Å²) in [7, 11) is 3.49. The third-order valence-electron chi connectivity index (χ3n) is 2.51. The topological polar surface area (TPSA) is 58.4 Å². The first kappa shape index (κ1) is 12.7. The smallest absolute Gasteiger partial charge is 0.274 e. The van der Waals surface area contributed by atoms with E-state index < -0.39 is 0 Å². The number of likely N-dealkylation sites (N-methyl/N-ethyl adjacent to an activating group) is 1. The maximum Gasteiger partial charge on any atom is 0.274 e. The largest absolute Gasteiger partial charge is 0.395 e. The SMILES string of the molecule is CC(C)c1cc(C(=O)N(C)CCO)nn1C. The summed E-state index contributed by atoms with van der Waals surface area (Å²) >= 11 is 0. The van der Waals surface area contributed by atoms with Crippen LogP contribution in [0, 0.1) is 0 Å². The summed E-state index contributed by atoms with van der Waals surface area (Å²) in [6, 6.07) is 1.81. The Hall–Kier alpha value is -1.36. The number of rotatable bonds is 4. The number of hydrogen-bond donors (Lipinski definition) is 1. The van der Waals surface area contributed by atoms with Crippen molar-refractivity contribution in [1.29, 1.82) is 0 Å². The molecule has 1 aromatic heterocycles. The van der Waals surface area contributed by atoms with Crippen molar-refractivity contribution in [2.24, 2.45) is 7.05 Å². The molecule has 5 heteroatoms. The lowest BCUT2D eigenvalue weighted by molar-refractivity contribution is 0.0760. The van der Waals surface area contributed by atoms with Crippen LogP contribution >= 0.6 is 0 Å². The van der Waals surface area contributed by atoms with E-state index in [9.17, 15) is 4.79 Å². The van der Waals surface area contributed by atoms with Gasteiger partial charge in [0.05, 0.1) is 6.61 Å². The minimum absolute atomic E-state index is 0.0356. The van der Waals surface area contributed by atoms with E-state index in [4.69, 9.17) is 5.11 Å². The van der Waals surface area contributed by atoms with E-state index in [2.05, 4.69) is 18.9 Å². The van der Waals surface area contributed by atoms with E-state index >= 15 is 0 Å². The second-order valence-electron chi connectivity index (χ2n) is 4.18. The van der Waals surface area contributed by atoms with Gasteiger partial charge in [0.15, 0.2) is 5.69 Å². The van der Waals surface area contributed by atoms with Crippen LogP contribution in [0.25, 0.3) is 0 Å². The summed E-state index contributed by atoms with van der Waals surface area (Å²) in [5, 5.41) is 12.9. The Labute approximate surface area is 95.7 Å². The van der Waals surface area contributed by atoms with E-state index in [1.54, 1.807) is 17.8 Å². The van der Waals surface area contributed by atoms with Crippen LogP contribution in [0.4, 0.5) is 0 Å². The molecule has 0 saturated carbocycles. The average Bonchev–Trinajstić information content (AvgIpc) is 2.59. The van der Waals surface area contributed by atoms with Gasteiger partial charge >= 0.3 is 0 Å². The minimum atomic E-state index is -0.156. The Balaban J connectivity index is 2.88. The second kappa shape index (κ2) is 5.12. The molecule has 1 aromatic rings. The number of aliphatic hydroxyl groups excluding tert-OH is 1. The zero-order valence-corrected chi connectivity index (χ0v) is 10.3. The minimum Gasteiger partial charge on any atom is -0.395 e. The molecule has 1 N–H and O–H groups in total. The van der Waals surface area contributed by atoms with Gasteiger partial charge in [-0.2, -0.15) is 5.10 Å². The molecule has 0 aliphatic rings. The van der Waals surface area contributed by atoms with Crippen LogP contribution < -0.4 is 0 Å². The third kappa shape index (κ3) is 2.61. The van der Waals surface area contributed by atoms with Crippen LogP contribution in [-0.4, -0.2) is 45.9 Å². The van der Waals surface area contributed by atoms with Gasteiger partial charge in [0.1, 0.15) is 0 Å². The monoisotopic (exact) mass is 225 g/mol. The Kier molecular flexibility index (Phi) is 4.06. The van der Waals surface area contributed by atoms with Gasteiger partial charge in [-0.05, 0) is 12.0 Å². The van der Waals surface area contributed by atoms with Crippen LogP contribution in [0.15, 0.2) is 6.07 Å². The highest BCUT2D eigenvalue weighted by molar-refractivity contribution is 5.92. The molecule has 0 fully saturated rings. The fourth-order valence-corrected chi connectivity index (χ4v) is 1.57. The lowest BCUT2D eigenvalue weighted by Crippen LogP contribution is -2.29. The first-order valence-electron chi connectivity index (χ1n) is 5.37. The predicted octanol–water partition coefficient (Wildman–Crippen LogP) is 0.608. The van der Waals surface area contributed by atoms with Gasteiger partial charge in [0.25, 0.3) is 5.91 Å². The molecule has 0 bridgehead atoms. The van der Waals surface area contributed by atoms with Crippen LogP contribution in [0.5, 0.6) is 0 Å². The molecule has 0 atom stereocenters. The first-order chi connectivity index (χ1) is 7.47. The molecule has 0 radical (unpaired) electrons. The molecule has 0 aromatic carbocycles. The van der Waals surface area contributed by atoms with Crippen LogP contribution in [-0.2, 0) is 7.05 Å². The van der Waals surface area contributed by atoms with Crippen LogP contribution in [0.1, 0.15) is 35.9 Å². The average molecular weight is 225 g/mol. The summed E-state index contributed by atoms with van der Waals surface area (Å²) in [4.78, 5) is 13.3. The highest BCUT2D eigenvalue weighted by Crippen LogP contribution is 2.15. The molecule has 16 heavy (non-hydrogen) atoms. The number of aliphatic hydroxyl groups is 1. The molecule has 1 amide bonds. The highest BCUT2D eigenvalue weighted by Gasteiger charge is 2.17. The summed E-state index contributed by atoms with van der Waals surface area (Å²) in [6.45, 7) is 4.41. The normalized spacial score (nSPS) is 10.9.